The Labute approximate surface area is 141 Å². The molecule has 0 radical (unpaired) electrons. The van der Waals surface area contributed by atoms with Gasteiger partial charge in [-0.05, 0) is 48.6 Å². The summed E-state index contributed by atoms with van der Waals surface area (Å²) in [7, 11) is 0. The fourth-order valence-corrected chi connectivity index (χ4v) is 2.47. The number of aliphatic carboxylic acids is 1. The molecule has 5 nitrogen and oxygen atoms in total. The van der Waals surface area contributed by atoms with Gasteiger partial charge in [0.15, 0.2) is 0 Å². The number of rotatable bonds is 8. The molecule has 0 aliphatic carbocycles. The van der Waals surface area contributed by atoms with E-state index in [-0.39, 0.29) is 18.4 Å². The minimum Gasteiger partial charge on any atom is -0.481 e. The second-order valence-corrected chi connectivity index (χ2v) is 5.75. The Balaban J connectivity index is 1.85. The summed E-state index contributed by atoms with van der Waals surface area (Å²) in [6.07, 6.45) is 5.10. The molecule has 1 aromatic heterocycles. The van der Waals surface area contributed by atoms with Crippen LogP contribution in [0.2, 0.25) is 0 Å². The van der Waals surface area contributed by atoms with Crippen LogP contribution < -0.4 is 5.32 Å². The van der Waals surface area contributed by atoms with Crippen LogP contribution in [-0.2, 0) is 9.59 Å². The Morgan fingerprint density at radius 1 is 1.00 bits per heavy atom. The normalized spacial score (nSPS) is 11.7. The lowest BCUT2D eigenvalue weighted by molar-refractivity contribution is -0.137. The zero-order valence-electron chi connectivity index (χ0n) is 13.7. The number of hydrogen-bond acceptors (Lipinski definition) is 3. The fraction of sp³-hybridized carbons (Fsp3) is 0.316. The number of hydrogen-bond donors (Lipinski definition) is 2. The number of aromatic nitrogens is 1. The molecule has 126 valence electrons. The van der Waals surface area contributed by atoms with Crippen LogP contribution in [0.25, 0.3) is 11.1 Å². The summed E-state index contributed by atoms with van der Waals surface area (Å²) < 4.78 is 0. The molecule has 2 aromatic rings. The molecule has 0 fully saturated rings. The van der Waals surface area contributed by atoms with E-state index in [0.29, 0.717) is 19.3 Å². The first-order valence-electron chi connectivity index (χ1n) is 8.08. The van der Waals surface area contributed by atoms with E-state index in [2.05, 4.69) is 10.3 Å². The molecule has 1 heterocycles. The maximum Gasteiger partial charge on any atom is 0.303 e. The van der Waals surface area contributed by atoms with Crippen LogP contribution in [0, 0.1) is 0 Å². The third-order valence-electron chi connectivity index (χ3n) is 3.85. The van der Waals surface area contributed by atoms with Crippen molar-refractivity contribution in [1.82, 2.24) is 10.3 Å². The van der Waals surface area contributed by atoms with Gasteiger partial charge in [0.1, 0.15) is 0 Å². The summed E-state index contributed by atoms with van der Waals surface area (Å²) in [5, 5.41) is 11.5. The summed E-state index contributed by atoms with van der Waals surface area (Å²) in [5.41, 5.74) is 3.24. The molecule has 2 N–H and O–H groups in total. The number of nitrogens with zero attached hydrogens (tertiary/aromatic N) is 1. The van der Waals surface area contributed by atoms with Crippen LogP contribution in [0.15, 0.2) is 48.8 Å². The van der Waals surface area contributed by atoms with Gasteiger partial charge in [-0.25, -0.2) is 0 Å². The quantitative estimate of drug-likeness (QED) is 0.727. The predicted molar refractivity (Wildman–Crippen MR) is 92.3 cm³/mol. The Morgan fingerprint density at radius 3 is 2.21 bits per heavy atom. The van der Waals surface area contributed by atoms with Gasteiger partial charge in [0.25, 0.3) is 0 Å². The highest BCUT2D eigenvalue weighted by Crippen LogP contribution is 2.21. The number of amides is 1. The van der Waals surface area contributed by atoms with Crippen LogP contribution >= 0.6 is 0 Å². The van der Waals surface area contributed by atoms with Gasteiger partial charge in [-0.2, -0.15) is 0 Å². The summed E-state index contributed by atoms with van der Waals surface area (Å²) in [6.45, 7) is 1.94. The van der Waals surface area contributed by atoms with E-state index in [1.165, 1.54) is 0 Å². The van der Waals surface area contributed by atoms with Crippen molar-refractivity contribution in [3.8, 4) is 11.1 Å². The molecule has 1 aromatic carbocycles. The number of carboxylic acids is 1. The van der Waals surface area contributed by atoms with Gasteiger partial charge in [-0.15, -0.1) is 0 Å². The van der Waals surface area contributed by atoms with Crippen molar-refractivity contribution >= 4 is 11.9 Å². The molecular formula is C19H22N2O3. The Morgan fingerprint density at radius 2 is 1.58 bits per heavy atom. The Hall–Kier alpha value is -2.69. The molecule has 1 amide bonds. The van der Waals surface area contributed by atoms with Gasteiger partial charge in [0, 0.05) is 25.2 Å². The molecule has 0 aliphatic rings. The number of pyridine rings is 1. The highest BCUT2D eigenvalue weighted by atomic mass is 16.4. The summed E-state index contributed by atoms with van der Waals surface area (Å²) in [4.78, 5) is 26.3. The average Bonchev–Trinajstić information content (AvgIpc) is 2.59. The fourth-order valence-electron chi connectivity index (χ4n) is 2.47. The summed E-state index contributed by atoms with van der Waals surface area (Å²) in [6, 6.07) is 11.9. The second kappa shape index (κ2) is 8.82. The highest BCUT2D eigenvalue weighted by Gasteiger charge is 2.10. The minimum atomic E-state index is -0.821. The lowest BCUT2D eigenvalue weighted by Gasteiger charge is -2.15. The zero-order valence-corrected chi connectivity index (χ0v) is 13.7. The zero-order chi connectivity index (χ0) is 17.4. The predicted octanol–water partition coefficient (Wildman–Crippen LogP) is 3.57. The second-order valence-electron chi connectivity index (χ2n) is 5.75. The van der Waals surface area contributed by atoms with Crippen LogP contribution in [0.1, 0.15) is 44.2 Å². The first-order valence-corrected chi connectivity index (χ1v) is 8.08. The topological polar surface area (TPSA) is 79.3 Å². The third-order valence-corrected chi connectivity index (χ3v) is 3.85. The van der Waals surface area contributed by atoms with Gasteiger partial charge < -0.3 is 10.4 Å². The minimum absolute atomic E-state index is 0.0499. The van der Waals surface area contributed by atoms with Gasteiger partial charge >= 0.3 is 5.97 Å². The van der Waals surface area contributed by atoms with Crippen LogP contribution in [0.4, 0.5) is 0 Å². The molecule has 0 saturated carbocycles. The SMILES string of the molecule is CC(NC(=O)CCCCC(=O)O)c1ccc(-c2ccncc2)cc1. The summed E-state index contributed by atoms with van der Waals surface area (Å²) >= 11 is 0. The van der Waals surface area contributed by atoms with Crippen molar-refractivity contribution in [3.05, 3.63) is 54.4 Å². The smallest absolute Gasteiger partial charge is 0.303 e. The van der Waals surface area contributed by atoms with Gasteiger partial charge in [-0.3, -0.25) is 14.6 Å². The van der Waals surface area contributed by atoms with E-state index < -0.39 is 5.97 Å². The lowest BCUT2D eigenvalue weighted by Crippen LogP contribution is -2.26. The van der Waals surface area contributed by atoms with Crippen molar-refractivity contribution in [2.24, 2.45) is 0 Å². The highest BCUT2D eigenvalue weighted by molar-refractivity contribution is 5.76. The number of carbonyl (C=O) groups excluding carboxylic acids is 1. The van der Waals surface area contributed by atoms with E-state index in [1.807, 2.05) is 43.3 Å². The molecule has 0 saturated heterocycles. The van der Waals surface area contributed by atoms with Crippen LogP contribution in [-0.4, -0.2) is 22.0 Å². The molecule has 2 rings (SSSR count). The number of carbonyl (C=O) groups is 2. The van der Waals surface area contributed by atoms with Crippen molar-refractivity contribution in [2.45, 2.75) is 38.6 Å². The monoisotopic (exact) mass is 326 g/mol. The Kier molecular flexibility index (Phi) is 6.49. The van der Waals surface area contributed by atoms with E-state index >= 15 is 0 Å². The third kappa shape index (κ3) is 5.50. The molecule has 5 heteroatoms. The molecule has 0 spiro atoms. The van der Waals surface area contributed by atoms with E-state index in [0.717, 1.165) is 16.7 Å². The van der Waals surface area contributed by atoms with Crippen LogP contribution in [0.3, 0.4) is 0 Å². The number of unbranched alkanes of at least 4 members (excludes halogenated alkanes) is 1. The van der Waals surface area contributed by atoms with Gasteiger partial charge in [0.2, 0.25) is 5.91 Å². The van der Waals surface area contributed by atoms with Crippen molar-refractivity contribution in [2.75, 3.05) is 0 Å². The Bertz CT molecular complexity index is 669. The van der Waals surface area contributed by atoms with Crippen molar-refractivity contribution < 1.29 is 14.7 Å². The summed E-state index contributed by atoms with van der Waals surface area (Å²) in [5.74, 6) is -0.871. The van der Waals surface area contributed by atoms with Crippen molar-refractivity contribution in [3.63, 3.8) is 0 Å². The molecule has 1 atom stereocenters. The first-order chi connectivity index (χ1) is 11.6. The number of carboxylic acid groups (broad SMARTS) is 1. The average molecular weight is 326 g/mol. The lowest BCUT2D eigenvalue weighted by atomic mass is 10.0. The molecule has 1 unspecified atom stereocenters. The van der Waals surface area contributed by atoms with E-state index in [1.54, 1.807) is 12.4 Å². The standard InChI is InChI=1S/C19H22N2O3/c1-14(21-18(22)4-2-3-5-19(23)24)15-6-8-16(9-7-15)17-10-12-20-13-11-17/h6-14H,2-5H2,1H3,(H,21,22)(H,23,24). The van der Waals surface area contributed by atoms with Crippen LogP contribution in [0.5, 0.6) is 0 Å². The van der Waals surface area contributed by atoms with E-state index in [4.69, 9.17) is 5.11 Å². The molecular weight excluding hydrogens is 304 g/mol. The van der Waals surface area contributed by atoms with Gasteiger partial charge in [0.05, 0.1) is 6.04 Å². The first kappa shape index (κ1) is 17.7. The molecule has 24 heavy (non-hydrogen) atoms. The maximum absolute atomic E-state index is 11.9. The molecule has 0 bridgehead atoms. The maximum atomic E-state index is 11.9. The molecule has 0 aliphatic heterocycles. The van der Waals surface area contributed by atoms with Crippen molar-refractivity contribution in [1.29, 1.82) is 0 Å². The number of benzene rings is 1. The van der Waals surface area contributed by atoms with Gasteiger partial charge in [-0.1, -0.05) is 24.3 Å². The largest absolute Gasteiger partial charge is 0.481 e. The van der Waals surface area contributed by atoms with E-state index in [9.17, 15) is 9.59 Å². The number of nitrogens with one attached hydrogen (secondary N) is 1.